The highest BCUT2D eigenvalue weighted by atomic mass is 19.4. The second kappa shape index (κ2) is 5.32. The lowest BCUT2D eigenvalue weighted by Crippen LogP contribution is -2.17. The number of alkyl halides is 3. The number of hydrogen-bond donors (Lipinski definition) is 0. The molecule has 0 saturated heterocycles. The predicted octanol–water partition coefficient (Wildman–Crippen LogP) is 4.20. The zero-order valence-electron chi connectivity index (χ0n) is 9.95. The van der Waals surface area contributed by atoms with Crippen molar-refractivity contribution in [2.75, 3.05) is 0 Å². The molecule has 104 valence electrons. The number of aldehydes is 1. The van der Waals surface area contributed by atoms with E-state index in [4.69, 9.17) is 0 Å². The van der Waals surface area contributed by atoms with Gasteiger partial charge in [-0.05, 0) is 24.3 Å². The molecule has 0 aliphatic heterocycles. The Labute approximate surface area is 111 Å². The molecular weight excluding hydrogens is 276 g/mol. The van der Waals surface area contributed by atoms with E-state index >= 15 is 0 Å². The molecule has 0 fully saturated rings. The lowest BCUT2D eigenvalue weighted by molar-refractivity contribution is -0.274. The largest absolute Gasteiger partial charge is 0.573 e. The Hall–Kier alpha value is -2.37. The molecular formula is C14H8F4O2. The van der Waals surface area contributed by atoms with E-state index in [1.165, 1.54) is 30.3 Å². The molecule has 2 rings (SSSR count). The minimum atomic E-state index is -4.88. The number of halogens is 4. The molecule has 0 aliphatic carbocycles. The lowest BCUT2D eigenvalue weighted by atomic mass is 10.0. The number of carbonyl (C=O) groups is 1. The highest BCUT2D eigenvalue weighted by Crippen LogP contribution is 2.35. The van der Waals surface area contributed by atoms with Crippen molar-refractivity contribution in [2.24, 2.45) is 0 Å². The van der Waals surface area contributed by atoms with Gasteiger partial charge < -0.3 is 4.74 Å². The Bertz CT molecular complexity index is 635. The second-order valence-corrected chi connectivity index (χ2v) is 3.90. The number of ether oxygens (including phenoxy) is 1. The summed E-state index contributed by atoms with van der Waals surface area (Å²) in [6, 6.07) is 8.57. The van der Waals surface area contributed by atoms with E-state index < -0.39 is 17.9 Å². The van der Waals surface area contributed by atoms with Crippen molar-refractivity contribution in [3.8, 4) is 16.9 Å². The van der Waals surface area contributed by atoms with Crippen LogP contribution in [-0.2, 0) is 0 Å². The van der Waals surface area contributed by atoms with Gasteiger partial charge >= 0.3 is 6.36 Å². The highest BCUT2D eigenvalue weighted by molar-refractivity contribution is 5.80. The van der Waals surface area contributed by atoms with Gasteiger partial charge in [-0.25, -0.2) is 4.39 Å². The van der Waals surface area contributed by atoms with Crippen LogP contribution in [0.2, 0.25) is 0 Å². The molecule has 0 atom stereocenters. The van der Waals surface area contributed by atoms with Crippen LogP contribution in [0.3, 0.4) is 0 Å². The third-order valence-corrected chi connectivity index (χ3v) is 2.53. The topological polar surface area (TPSA) is 26.3 Å². The predicted molar refractivity (Wildman–Crippen MR) is 63.9 cm³/mol. The molecule has 0 N–H and O–H groups in total. The highest BCUT2D eigenvalue weighted by Gasteiger charge is 2.32. The normalized spacial score (nSPS) is 11.2. The van der Waals surface area contributed by atoms with Crippen molar-refractivity contribution in [3.05, 3.63) is 53.8 Å². The molecule has 0 heterocycles. The Morgan fingerprint density at radius 2 is 1.70 bits per heavy atom. The van der Waals surface area contributed by atoms with Gasteiger partial charge in [0.15, 0.2) is 0 Å². The first-order valence-corrected chi connectivity index (χ1v) is 5.50. The fourth-order valence-corrected chi connectivity index (χ4v) is 1.73. The van der Waals surface area contributed by atoms with Crippen LogP contribution in [-0.4, -0.2) is 12.6 Å². The molecule has 20 heavy (non-hydrogen) atoms. The molecule has 2 aromatic carbocycles. The molecule has 0 amide bonds. The smallest absolute Gasteiger partial charge is 0.405 e. The molecule has 0 saturated carbocycles. The molecule has 2 nitrogen and oxygen atoms in total. The fraction of sp³-hybridized carbons (Fsp3) is 0.0714. The maximum atomic E-state index is 13.8. The monoisotopic (exact) mass is 284 g/mol. The minimum absolute atomic E-state index is 0.0778. The molecule has 2 aromatic rings. The molecule has 0 bridgehead atoms. The molecule has 0 spiro atoms. The third-order valence-electron chi connectivity index (χ3n) is 2.53. The summed E-state index contributed by atoms with van der Waals surface area (Å²) in [5.41, 5.74) is -0.0521. The third kappa shape index (κ3) is 3.14. The van der Waals surface area contributed by atoms with Gasteiger partial charge in [0.2, 0.25) is 0 Å². The van der Waals surface area contributed by atoms with Crippen LogP contribution in [0.15, 0.2) is 42.5 Å². The zero-order valence-corrected chi connectivity index (χ0v) is 9.95. The first-order valence-electron chi connectivity index (χ1n) is 5.50. The summed E-state index contributed by atoms with van der Waals surface area (Å²) >= 11 is 0. The number of para-hydroxylation sites is 1. The maximum Gasteiger partial charge on any atom is 0.573 e. The van der Waals surface area contributed by atoms with Crippen LogP contribution in [0.1, 0.15) is 10.4 Å². The van der Waals surface area contributed by atoms with Crippen molar-refractivity contribution in [2.45, 2.75) is 6.36 Å². The van der Waals surface area contributed by atoms with Crippen molar-refractivity contribution in [1.82, 2.24) is 0 Å². The summed E-state index contributed by atoms with van der Waals surface area (Å²) in [6.45, 7) is 0. The minimum Gasteiger partial charge on any atom is -0.405 e. The van der Waals surface area contributed by atoms with Gasteiger partial charge in [0.1, 0.15) is 17.9 Å². The summed E-state index contributed by atoms with van der Waals surface area (Å²) in [5, 5.41) is 0. The van der Waals surface area contributed by atoms with Gasteiger partial charge in [0.05, 0.1) is 0 Å². The summed E-state index contributed by atoms with van der Waals surface area (Å²) in [5.74, 6) is -1.27. The molecule has 0 aromatic heterocycles. The average Bonchev–Trinajstić information content (AvgIpc) is 2.38. The van der Waals surface area contributed by atoms with E-state index in [1.54, 1.807) is 0 Å². The van der Waals surface area contributed by atoms with Crippen molar-refractivity contribution < 1.29 is 27.1 Å². The first-order chi connectivity index (χ1) is 9.40. The fourth-order valence-electron chi connectivity index (χ4n) is 1.73. The summed E-state index contributed by atoms with van der Waals surface area (Å²) in [7, 11) is 0. The Kier molecular flexibility index (Phi) is 3.74. The number of hydrogen-bond acceptors (Lipinski definition) is 2. The molecule has 6 heteroatoms. The van der Waals surface area contributed by atoms with Crippen LogP contribution in [0.4, 0.5) is 17.6 Å². The quantitative estimate of drug-likeness (QED) is 0.623. The maximum absolute atomic E-state index is 13.8. The summed E-state index contributed by atoms with van der Waals surface area (Å²) in [6.07, 6.45) is -4.40. The van der Waals surface area contributed by atoms with Gasteiger partial charge in [-0.1, -0.05) is 18.2 Å². The standard InChI is InChI=1S/C14H8F4O2/c15-12-6-5-9(8-19)7-11(12)10-3-1-2-4-13(10)20-14(16,17)18/h1-8H. The van der Waals surface area contributed by atoms with Crippen molar-refractivity contribution >= 4 is 6.29 Å². The second-order valence-electron chi connectivity index (χ2n) is 3.90. The van der Waals surface area contributed by atoms with E-state index in [-0.39, 0.29) is 16.7 Å². The number of benzene rings is 2. The summed E-state index contributed by atoms with van der Waals surface area (Å²) in [4.78, 5) is 10.7. The lowest BCUT2D eigenvalue weighted by Gasteiger charge is -2.13. The Morgan fingerprint density at radius 1 is 1.00 bits per heavy atom. The molecule has 0 radical (unpaired) electrons. The van der Waals surface area contributed by atoms with Gasteiger partial charge in [0, 0.05) is 16.7 Å². The van der Waals surface area contributed by atoms with Gasteiger partial charge in [-0.3, -0.25) is 4.79 Å². The zero-order chi connectivity index (χ0) is 14.8. The van der Waals surface area contributed by atoms with Crippen LogP contribution in [0.25, 0.3) is 11.1 Å². The van der Waals surface area contributed by atoms with Gasteiger partial charge in [-0.2, -0.15) is 0 Å². The van der Waals surface area contributed by atoms with E-state index in [2.05, 4.69) is 4.74 Å². The Balaban J connectivity index is 2.55. The van der Waals surface area contributed by atoms with Crippen LogP contribution >= 0.6 is 0 Å². The van der Waals surface area contributed by atoms with Gasteiger partial charge in [-0.15, -0.1) is 13.2 Å². The van der Waals surface area contributed by atoms with Crippen LogP contribution in [0.5, 0.6) is 5.75 Å². The summed E-state index contributed by atoms with van der Waals surface area (Å²) < 4.78 is 54.5. The van der Waals surface area contributed by atoms with E-state index in [9.17, 15) is 22.4 Å². The van der Waals surface area contributed by atoms with Crippen molar-refractivity contribution in [1.29, 1.82) is 0 Å². The van der Waals surface area contributed by atoms with E-state index in [0.717, 1.165) is 12.1 Å². The van der Waals surface area contributed by atoms with E-state index in [0.29, 0.717) is 6.29 Å². The SMILES string of the molecule is O=Cc1ccc(F)c(-c2ccccc2OC(F)(F)F)c1. The Morgan fingerprint density at radius 3 is 2.35 bits per heavy atom. The average molecular weight is 284 g/mol. The molecule has 0 aliphatic rings. The number of carbonyl (C=O) groups excluding carboxylic acids is 1. The van der Waals surface area contributed by atoms with Crippen LogP contribution in [0, 0.1) is 5.82 Å². The number of rotatable bonds is 3. The first kappa shape index (κ1) is 14.0. The van der Waals surface area contributed by atoms with Crippen molar-refractivity contribution in [3.63, 3.8) is 0 Å². The van der Waals surface area contributed by atoms with Crippen LogP contribution < -0.4 is 4.74 Å². The van der Waals surface area contributed by atoms with E-state index in [1.807, 2.05) is 0 Å². The molecule has 0 unspecified atom stereocenters. The van der Waals surface area contributed by atoms with Gasteiger partial charge in [0.25, 0.3) is 0 Å².